The molecule has 1 atom stereocenters. The molecule has 0 aliphatic heterocycles. The van der Waals surface area contributed by atoms with Crippen molar-refractivity contribution in [2.24, 2.45) is 5.92 Å². The van der Waals surface area contributed by atoms with Crippen molar-refractivity contribution < 1.29 is 9.90 Å². The molecule has 2 N–H and O–H groups in total. The van der Waals surface area contributed by atoms with Gasteiger partial charge in [-0.25, -0.2) is 0 Å². The number of aliphatic hydroxyl groups is 1. The minimum atomic E-state index is -0.130. The maximum Gasteiger partial charge on any atom is 0.220 e. The number of nitrogens with one attached hydrogen (secondary N) is 1. The van der Waals surface area contributed by atoms with E-state index >= 15 is 0 Å². The molecular formula is C15H23NO2S. The van der Waals surface area contributed by atoms with Crippen LogP contribution in [0.5, 0.6) is 0 Å². The van der Waals surface area contributed by atoms with Crippen LogP contribution in [0.3, 0.4) is 0 Å². The normalized spacial score (nSPS) is 12.4. The summed E-state index contributed by atoms with van der Waals surface area (Å²) in [6.07, 6.45) is 1.37. The van der Waals surface area contributed by atoms with Crippen LogP contribution in [-0.2, 0) is 4.79 Å². The molecule has 0 saturated heterocycles. The molecule has 0 aromatic heterocycles. The van der Waals surface area contributed by atoms with E-state index in [2.05, 4.69) is 17.4 Å². The average molecular weight is 281 g/mol. The highest BCUT2D eigenvalue weighted by molar-refractivity contribution is 7.99. The third-order valence-electron chi connectivity index (χ3n) is 2.91. The van der Waals surface area contributed by atoms with Gasteiger partial charge in [0, 0.05) is 11.3 Å². The fraction of sp³-hybridized carbons (Fsp3) is 0.533. The van der Waals surface area contributed by atoms with Crippen LogP contribution in [0.4, 0.5) is 0 Å². The van der Waals surface area contributed by atoms with E-state index < -0.39 is 0 Å². The molecule has 0 radical (unpaired) electrons. The van der Waals surface area contributed by atoms with Crippen molar-refractivity contribution in [3.8, 4) is 0 Å². The van der Waals surface area contributed by atoms with Gasteiger partial charge >= 0.3 is 0 Å². The minimum absolute atomic E-state index is 0.00215. The molecule has 0 fully saturated rings. The fourth-order valence-corrected chi connectivity index (χ4v) is 2.52. The highest BCUT2D eigenvalue weighted by Crippen LogP contribution is 2.18. The molecule has 4 heteroatoms. The van der Waals surface area contributed by atoms with Crippen molar-refractivity contribution in [2.75, 3.05) is 12.4 Å². The summed E-state index contributed by atoms with van der Waals surface area (Å²) in [4.78, 5) is 12.9. The Morgan fingerprint density at radius 3 is 2.58 bits per heavy atom. The van der Waals surface area contributed by atoms with Crippen LogP contribution in [0.1, 0.15) is 26.7 Å². The number of amides is 1. The average Bonchev–Trinajstić information content (AvgIpc) is 2.42. The summed E-state index contributed by atoms with van der Waals surface area (Å²) < 4.78 is 0. The first kappa shape index (κ1) is 16.1. The molecule has 3 nitrogen and oxygen atoms in total. The molecule has 0 aliphatic carbocycles. The molecule has 1 amide bonds. The molecule has 1 rings (SSSR count). The maximum absolute atomic E-state index is 11.7. The standard InChI is InChI=1S/C15H23NO2S/c1-12(2)14(11-17)16-15(18)9-6-10-19-13-7-4-3-5-8-13/h3-5,7-8,12,14,17H,6,9-11H2,1-2H3,(H,16,18). The molecule has 1 unspecified atom stereocenters. The van der Waals surface area contributed by atoms with E-state index in [9.17, 15) is 4.79 Å². The Balaban J connectivity index is 2.17. The number of rotatable bonds is 8. The predicted molar refractivity (Wildman–Crippen MR) is 80.3 cm³/mol. The van der Waals surface area contributed by atoms with E-state index in [1.807, 2.05) is 32.0 Å². The van der Waals surface area contributed by atoms with Crippen LogP contribution in [0.25, 0.3) is 0 Å². The molecule has 0 aliphatic rings. The number of benzene rings is 1. The zero-order valence-electron chi connectivity index (χ0n) is 11.6. The second kappa shape index (κ2) is 8.99. The number of aliphatic hydroxyl groups excluding tert-OH is 1. The highest BCUT2D eigenvalue weighted by Gasteiger charge is 2.14. The van der Waals surface area contributed by atoms with Gasteiger partial charge in [0.05, 0.1) is 12.6 Å². The van der Waals surface area contributed by atoms with Gasteiger partial charge in [-0.1, -0.05) is 32.0 Å². The Kier molecular flexibility index (Phi) is 7.60. The van der Waals surface area contributed by atoms with Gasteiger partial charge in [-0.05, 0) is 30.2 Å². The zero-order valence-corrected chi connectivity index (χ0v) is 12.5. The highest BCUT2D eigenvalue weighted by atomic mass is 32.2. The SMILES string of the molecule is CC(C)C(CO)NC(=O)CCCSc1ccccc1. The van der Waals surface area contributed by atoms with E-state index in [4.69, 9.17) is 5.11 Å². The van der Waals surface area contributed by atoms with Crippen LogP contribution < -0.4 is 5.32 Å². The Labute approximate surface area is 119 Å². The molecule has 0 saturated carbocycles. The second-order valence-corrected chi connectivity index (χ2v) is 6.03. The molecule has 1 aromatic carbocycles. The molecule has 19 heavy (non-hydrogen) atoms. The number of carbonyl (C=O) groups excluding carboxylic acids is 1. The van der Waals surface area contributed by atoms with Gasteiger partial charge in [0.25, 0.3) is 0 Å². The summed E-state index contributed by atoms with van der Waals surface area (Å²) in [5, 5.41) is 12.0. The number of carbonyl (C=O) groups is 1. The molecule has 0 spiro atoms. The number of hydrogen-bond acceptors (Lipinski definition) is 3. The third kappa shape index (κ3) is 6.64. The fourth-order valence-electron chi connectivity index (χ4n) is 1.64. The molecular weight excluding hydrogens is 258 g/mol. The largest absolute Gasteiger partial charge is 0.394 e. The van der Waals surface area contributed by atoms with Crippen LogP contribution in [0.15, 0.2) is 35.2 Å². The van der Waals surface area contributed by atoms with Gasteiger partial charge in [0.2, 0.25) is 5.91 Å². The minimum Gasteiger partial charge on any atom is -0.394 e. The van der Waals surface area contributed by atoms with Crippen molar-refractivity contribution >= 4 is 17.7 Å². The van der Waals surface area contributed by atoms with Gasteiger partial charge in [0.15, 0.2) is 0 Å². The summed E-state index contributed by atoms with van der Waals surface area (Å²) in [5.74, 6) is 1.22. The van der Waals surface area contributed by atoms with Crippen LogP contribution in [0, 0.1) is 5.92 Å². The van der Waals surface area contributed by atoms with Crippen LogP contribution in [-0.4, -0.2) is 29.4 Å². The molecule has 0 heterocycles. The Hall–Kier alpha value is -1.00. The topological polar surface area (TPSA) is 49.3 Å². The number of thioether (sulfide) groups is 1. The van der Waals surface area contributed by atoms with Crippen molar-refractivity contribution in [1.29, 1.82) is 0 Å². The second-order valence-electron chi connectivity index (χ2n) is 4.87. The van der Waals surface area contributed by atoms with E-state index in [-0.39, 0.29) is 24.5 Å². The summed E-state index contributed by atoms with van der Waals surface area (Å²) in [6, 6.07) is 10.1. The summed E-state index contributed by atoms with van der Waals surface area (Å²) >= 11 is 1.76. The first-order valence-corrected chi connectivity index (χ1v) is 7.70. The summed E-state index contributed by atoms with van der Waals surface area (Å²) in [6.45, 7) is 3.99. The Morgan fingerprint density at radius 2 is 2.00 bits per heavy atom. The van der Waals surface area contributed by atoms with E-state index in [1.54, 1.807) is 11.8 Å². The van der Waals surface area contributed by atoms with E-state index in [0.29, 0.717) is 6.42 Å². The zero-order chi connectivity index (χ0) is 14.1. The summed E-state index contributed by atoms with van der Waals surface area (Å²) in [7, 11) is 0. The van der Waals surface area contributed by atoms with Crippen molar-refractivity contribution in [2.45, 2.75) is 37.6 Å². The maximum atomic E-state index is 11.7. The van der Waals surface area contributed by atoms with E-state index in [1.165, 1.54) is 4.90 Å². The lowest BCUT2D eigenvalue weighted by Crippen LogP contribution is -2.41. The molecule has 106 valence electrons. The van der Waals surface area contributed by atoms with Gasteiger partial charge in [-0.15, -0.1) is 11.8 Å². The monoisotopic (exact) mass is 281 g/mol. The first-order valence-electron chi connectivity index (χ1n) is 6.71. The lowest BCUT2D eigenvalue weighted by atomic mass is 10.1. The van der Waals surface area contributed by atoms with E-state index in [0.717, 1.165) is 12.2 Å². The van der Waals surface area contributed by atoms with Gasteiger partial charge in [0.1, 0.15) is 0 Å². The third-order valence-corrected chi connectivity index (χ3v) is 4.01. The van der Waals surface area contributed by atoms with Crippen molar-refractivity contribution in [3.63, 3.8) is 0 Å². The number of hydrogen-bond donors (Lipinski definition) is 2. The Morgan fingerprint density at radius 1 is 1.32 bits per heavy atom. The smallest absolute Gasteiger partial charge is 0.220 e. The lowest BCUT2D eigenvalue weighted by Gasteiger charge is -2.19. The Bertz CT molecular complexity index is 368. The molecule has 1 aromatic rings. The van der Waals surface area contributed by atoms with Gasteiger partial charge < -0.3 is 10.4 Å². The summed E-state index contributed by atoms with van der Waals surface area (Å²) in [5.41, 5.74) is 0. The van der Waals surface area contributed by atoms with Crippen LogP contribution in [0.2, 0.25) is 0 Å². The van der Waals surface area contributed by atoms with Gasteiger partial charge in [-0.2, -0.15) is 0 Å². The van der Waals surface area contributed by atoms with Crippen LogP contribution >= 0.6 is 11.8 Å². The first-order chi connectivity index (χ1) is 9.13. The quantitative estimate of drug-likeness (QED) is 0.569. The van der Waals surface area contributed by atoms with Crippen molar-refractivity contribution in [3.05, 3.63) is 30.3 Å². The molecule has 0 bridgehead atoms. The lowest BCUT2D eigenvalue weighted by molar-refractivity contribution is -0.122. The van der Waals surface area contributed by atoms with Crippen molar-refractivity contribution in [1.82, 2.24) is 5.32 Å². The van der Waals surface area contributed by atoms with Gasteiger partial charge in [-0.3, -0.25) is 4.79 Å². The predicted octanol–water partition coefficient (Wildman–Crippen LogP) is 2.69.